The molecule has 0 aromatic heterocycles. The predicted molar refractivity (Wildman–Crippen MR) is 56.0 cm³/mol. The molecule has 1 rings (SSSR count). The number of rotatable bonds is 1. The van der Waals surface area contributed by atoms with Gasteiger partial charge in [0.1, 0.15) is 10.8 Å². The minimum atomic E-state index is -0.256. The SMILES string of the molecule is CSC(=O)c1ccc(Cl)c(Cl)c1O. The molecule has 1 N–H and O–H groups in total. The molecular formula is C8H6Cl2O2S. The van der Waals surface area contributed by atoms with Crippen molar-refractivity contribution in [1.82, 2.24) is 0 Å². The number of halogens is 2. The van der Waals surface area contributed by atoms with Crippen LogP contribution in [0.1, 0.15) is 10.4 Å². The van der Waals surface area contributed by atoms with Crippen LogP contribution in [-0.4, -0.2) is 16.5 Å². The Kier molecular flexibility index (Phi) is 3.47. The number of hydrogen-bond donors (Lipinski definition) is 1. The quantitative estimate of drug-likeness (QED) is 0.814. The van der Waals surface area contributed by atoms with Crippen molar-refractivity contribution in [2.45, 2.75) is 0 Å². The average Bonchev–Trinajstić information content (AvgIpc) is 2.13. The zero-order chi connectivity index (χ0) is 10.0. The van der Waals surface area contributed by atoms with Crippen LogP contribution < -0.4 is 0 Å². The molecule has 0 bridgehead atoms. The Labute approximate surface area is 89.8 Å². The summed E-state index contributed by atoms with van der Waals surface area (Å²) in [7, 11) is 0. The minimum absolute atomic E-state index is 0.0153. The fraction of sp³-hybridized carbons (Fsp3) is 0.125. The van der Waals surface area contributed by atoms with E-state index in [0.717, 1.165) is 11.8 Å². The molecule has 0 fully saturated rings. The zero-order valence-corrected chi connectivity index (χ0v) is 9.00. The number of aromatic hydroxyl groups is 1. The van der Waals surface area contributed by atoms with Crippen molar-refractivity contribution in [2.75, 3.05) is 6.26 Å². The summed E-state index contributed by atoms with van der Waals surface area (Å²) in [5.41, 5.74) is 0.182. The third kappa shape index (κ3) is 2.10. The Hall–Kier alpha value is -0.380. The Morgan fingerprint density at radius 3 is 2.62 bits per heavy atom. The van der Waals surface area contributed by atoms with E-state index in [2.05, 4.69) is 0 Å². The summed E-state index contributed by atoms with van der Waals surface area (Å²) in [6.45, 7) is 0. The number of phenols is 1. The highest BCUT2D eigenvalue weighted by Gasteiger charge is 2.14. The molecule has 0 aliphatic rings. The van der Waals surface area contributed by atoms with Gasteiger partial charge in [-0.25, -0.2) is 0 Å². The summed E-state index contributed by atoms with van der Waals surface area (Å²) in [6, 6.07) is 2.93. The van der Waals surface area contributed by atoms with Crippen LogP contribution in [0.5, 0.6) is 5.75 Å². The van der Waals surface area contributed by atoms with Gasteiger partial charge < -0.3 is 5.11 Å². The van der Waals surface area contributed by atoms with Gasteiger partial charge in [0.2, 0.25) is 5.12 Å². The molecule has 0 atom stereocenters. The standard InChI is InChI=1S/C8H6Cl2O2S/c1-13-8(12)4-2-3-5(9)6(10)7(4)11/h2-3,11H,1H3. The Bertz CT molecular complexity index is 352. The van der Waals surface area contributed by atoms with E-state index in [0.29, 0.717) is 0 Å². The van der Waals surface area contributed by atoms with Crippen LogP contribution >= 0.6 is 35.0 Å². The first kappa shape index (κ1) is 10.7. The molecule has 5 heteroatoms. The zero-order valence-electron chi connectivity index (χ0n) is 6.67. The van der Waals surface area contributed by atoms with E-state index in [1.165, 1.54) is 12.1 Å². The first-order valence-corrected chi connectivity index (χ1v) is 5.31. The molecule has 0 aliphatic carbocycles. The van der Waals surface area contributed by atoms with Crippen LogP contribution in [0.4, 0.5) is 0 Å². The van der Waals surface area contributed by atoms with Crippen molar-refractivity contribution in [3.8, 4) is 5.75 Å². The summed E-state index contributed by atoms with van der Waals surface area (Å²) in [6.07, 6.45) is 1.63. The Balaban J connectivity index is 3.26. The molecular weight excluding hydrogens is 231 g/mol. The van der Waals surface area contributed by atoms with Crippen LogP contribution in [-0.2, 0) is 0 Å². The van der Waals surface area contributed by atoms with Gasteiger partial charge in [-0.05, 0) is 18.4 Å². The summed E-state index contributed by atoms with van der Waals surface area (Å²) in [5.74, 6) is -0.256. The number of thioether (sulfide) groups is 1. The van der Waals surface area contributed by atoms with E-state index < -0.39 is 0 Å². The lowest BCUT2D eigenvalue weighted by molar-refractivity contribution is 0.108. The van der Waals surface area contributed by atoms with E-state index in [1.807, 2.05) is 0 Å². The van der Waals surface area contributed by atoms with E-state index in [4.69, 9.17) is 23.2 Å². The van der Waals surface area contributed by atoms with Crippen LogP contribution in [0.25, 0.3) is 0 Å². The third-order valence-corrected chi connectivity index (χ3v) is 2.86. The topological polar surface area (TPSA) is 37.3 Å². The monoisotopic (exact) mass is 236 g/mol. The number of phenolic OH excluding ortho intramolecular Hbond substituents is 1. The highest BCUT2D eigenvalue weighted by molar-refractivity contribution is 8.13. The fourth-order valence-corrected chi connectivity index (χ4v) is 1.52. The maximum atomic E-state index is 11.2. The maximum Gasteiger partial charge on any atom is 0.222 e. The minimum Gasteiger partial charge on any atom is -0.506 e. The number of hydrogen-bond acceptors (Lipinski definition) is 3. The van der Waals surface area contributed by atoms with Gasteiger partial charge in [-0.15, -0.1) is 0 Å². The molecule has 70 valence electrons. The van der Waals surface area contributed by atoms with Gasteiger partial charge in [-0.3, -0.25) is 4.79 Å². The lowest BCUT2D eigenvalue weighted by Gasteiger charge is -2.04. The second kappa shape index (κ2) is 4.22. The summed E-state index contributed by atoms with van der Waals surface area (Å²) < 4.78 is 0. The molecule has 0 radical (unpaired) electrons. The Morgan fingerprint density at radius 2 is 2.08 bits per heavy atom. The van der Waals surface area contributed by atoms with Gasteiger partial charge in [0.25, 0.3) is 0 Å². The highest BCUT2D eigenvalue weighted by atomic mass is 35.5. The maximum absolute atomic E-state index is 11.2. The van der Waals surface area contributed by atoms with Gasteiger partial charge in [-0.1, -0.05) is 35.0 Å². The summed E-state index contributed by atoms with van der Waals surface area (Å²) in [5, 5.41) is 9.44. The first-order chi connectivity index (χ1) is 6.07. The lowest BCUT2D eigenvalue weighted by atomic mass is 10.2. The molecule has 0 saturated heterocycles. The molecule has 0 aliphatic heterocycles. The molecule has 2 nitrogen and oxygen atoms in total. The number of carbonyl (C=O) groups excluding carboxylic acids is 1. The molecule has 0 amide bonds. The highest BCUT2D eigenvalue weighted by Crippen LogP contribution is 2.35. The van der Waals surface area contributed by atoms with Crippen molar-refractivity contribution >= 4 is 40.1 Å². The Morgan fingerprint density at radius 1 is 1.46 bits per heavy atom. The molecule has 0 unspecified atom stereocenters. The molecule has 1 aromatic rings. The molecule has 0 heterocycles. The molecule has 0 spiro atoms. The van der Waals surface area contributed by atoms with Gasteiger partial charge in [-0.2, -0.15) is 0 Å². The fourth-order valence-electron chi connectivity index (χ4n) is 0.815. The largest absolute Gasteiger partial charge is 0.506 e. The second-order valence-corrected chi connectivity index (χ2v) is 3.81. The van der Waals surface area contributed by atoms with E-state index >= 15 is 0 Å². The summed E-state index contributed by atoms with van der Waals surface area (Å²) >= 11 is 12.3. The summed E-state index contributed by atoms with van der Waals surface area (Å²) in [4.78, 5) is 11.2. The van der Waals surface area contributed by atoms with Gasteiger partial charge in [0.05, 0.1) is 10.6 Å². The van der Waals surface area contributed by atoms with Crippen LogP contribution in [0.2, 0.25) is 10.0 Å². The van der Waals surface area contributed by atoms with Gasteiger partial charge in [0.15, 0.2) is 0 Å². The average molecular weight is 237 g/mol. The van der Waals surface area contributed by atoms with Crippen LogP contribution in [0.15, 0.2) is 12.1 Å². The van der Waals surface area contributed by atoms with Crippen molar-refractivity contribution < 1.29 is 9.90 Å². The third-order valence-electron chi connectivity index (χ3n) is 1.47. The second-order valence-electron chi connectivity index (χ2n) is 2.25. The normalized spacial score (nSPS) is 10.1. The van der Waals surface area contributed by atoms with Crippen LogP contribution in [0.3, 0.4) is 0 Å². The van der Waals surface area contributed by atoms with E-state index in [9.17, 15) is 9.90 Å². The van der Waals surface area contributed by atoms with Crippen molar-refractivity contribution in [3.05, 3.63) is 27.7 Å². The van der Waals surface area contributed by atoms with Gasteiger partial charge in [0, 0.05) is 0 Å². The van der Waals surface area contributed by atoms with Crippen molar-refractivity contribution in [3.63, 3.8) is 0 Å². The molecule has 1 aromatic carbocycles. The smallest absolute Gasteiger partial charge is 0.222 e. The first-order valence-electron chi connectivity index (χ1n) is 3.33. The van der Waals surface area contributed by atoms with Crippen molar-refractivity contribution in [1.29, 1.82) is 0 Å². The van der Waals surface area contributed by atoms with Crippen molar-refractivity contribution in [2.24, 2.45) is 0 Å². The molecule has 0 saturated carbocycles. The number of benzene rings is 1. The van der Waals surface area contributed by atoms with E-state index in [-0.39, 0.29) is 26.5 Å². The van der Waals surface area contributed by atoms with Gasteiger partial charge >= 0.3 is 0 Å². The number of carbonyl (C=O) groups is 1. The predicted octanol–water partition coefficient (Wildman–Crippen LogP) is 3.20. The lowest BCUT2D eigenvalue weighted by Crippen LogP contribution is -1.93. The molecule has 13 heavy (non-hydrogen) atoms. The van der Waals surface area contributed by atoms with Crippen LogP contribution in [0, 0.1) is 0 Å². The van der Waals surface area contributed by atoms with E-state index in [1.54, 1.807) is 6.26 Å².